The largest absolute Gasteiger partial charge is 0.472 e. The Morgan fingerprint density at radius 3 is 3.06 bits per heavy atom. The van der Waals surface area contributed by atoms with Gasteiger partial charge in [-0.05, 0) is 13.0 Å². The minimum absolute atomic E-state index is 0.389. The minimum atomic E-state index is 0.389. The van der Waals surface area contributed by atoms with Gasteiger partial charge in [-0.15, -0.1) is 0 Å². The first-order valence-electron chi connectivity index (χ1n) is 4.85. The zero-order valence-electron chi connectivity index (χ0n) is 8.90. The predicted molar refractivity (Wildman–Crippen MR) is 60.6 cm³/mol. The van der Waals surface area contributed by atoms with Gasteiger partial charge < -0.3 is 9.73 Å². The van der Waals surface area contributed by atoms with Crippen LogP contribution in [0.2, 0.25) is 0 Å². The maximum Gasteiger partial charge on any atom is 0.239 e. The second kappa shape index (κ2) is 4.63. The van der Waals surface area contributed by atoms with E-state index in [1.165, 1.54) is 0 Å². The third-order valence-corrected chi connectivity index (χ3v) is 2.14. The summed E-state index contributed by atoms with van der Waals surface area (Å²) in [6, 6.07) is 1.89. The van der Waals surface area contributed by atoms with Crippen LogP contribution in [0, 0.1) is 6.92 Å². The molecule has 0 radical (unpaired) electrons. The molecule has 2 heterocycles. The fourth-order valence-electron chi connectivity index (χ4n) is 1.27. The van der Waals surface area contributed by atoms with Gasteiger partial charge in [0.2, 0.25) is 5.95 Å². The molecular formula is C10H13N5O. The summed E-state index contributed by atoms with van der Waals surface area (Å²) in [7, 11) is 0. The van der Waals surface area contributed by atoms with Gasteiger partial charge in [0.15, 0.2) is 0 Å². The van der Waals surface area contributed by atoms with Crippen molar-refractivity contribution in [2.24, 2.45) is 5.84 Å². The van der Waals surface area contributed by atoms with Gasteiger partial charge in [-0.1, -0.05) is 0 Å². The Morgan fingerprint density at radius 1 is 1.50 bits per heavy atom. The summed E-state index contributed by atoms with van der Waals surface area (Å²) in [5.74, 6) is 6.38. The predicted octanol–water partition coefficient (Wildman–Crippen LogP) is 1.28. The number of aromatic nitrogens is 2. The smallest absolute Gasteiger partial charge is 0.239 e. The Kier molecular flexibility index (Phi) is 3.02. The van der Waals surface area contributed by atoms with Crippen LogP contribution in [-0.4, -0.2) is 9.97 Å². The Morgan fingerprint density at radius 2 is 2.38 bits per heavy atom. The van der Waals surface area contributed by atoms with Crippen LogP contribution in [0.15, 0.2) is 29.2 Å². The first-order chi connectivity index (χ1) is 7.79. The molecule has 0 saturated heterocycles. The lowest BCUT2D eigenvalue weighted by Gasteiger charge is -2.08. The van der Waals surface area contributed by atoms with Crippen LogP contribution in [0.1, 0.15) is 11.1 Å². The summed E-state index contributed by atoms with van der Waals surface area (Å²) < 4.78 is 4.97. The molecule has 84 valence electrons. The van der Waals surface area contributed by atoms with Crippen molar-refractivity contribution in [2.75, 3.05) is 10.7 Å². The third-order valence-electron chi connectivity index (χ3n) is 2.14. The van der Waals surface area contributed by atoms with Crippen molar-refractivity contribution in [2.45, 2.75) is 13.5 Å². The van der Waals surface area contributed by atoms with E-state index in [-0.39, 0.29) is 0 Å². The highest BCUT2D eigenvalue weighted by Gasteiger charge is 2.02. The molecule has 0 bridgehead atoms. The fraction of sp³-hybridized carbons (Fsp3) is 0.200. The number of nitrogens with one attached hydrogen (secondary N) is 2. The third kappa shape index (κ3) is 2.29. The molecule has 0 aromatic carbocycles. The van der Waals surface area contributed by atoms with Crippen molar-refractivity contribution >= 4 is 11.8 Å². The van der Waals surface area contributed by atoms with E-state index in [2.05, 4.69) is 20.7 Å². The average Bonchev–Trinajstić information content (AvgIpc) is 2.81. The molecule has 16 heavy (non-hydrogen) atoms. The van der Waals surface area contributed by atoms with Crippen LogP contribution in [0.3, 0.4) is 0 Å². The van der Waals surface area contributed by atoms with Gasteiger partial charge in [-0.2, -0.15) is 4.98 Å². The molecule has 0 fully saturated rings. The molecule has 2 aromatic heterocycles. The second-order valence-electron chi connectivity index (χ2n) is 3.35. The molecule has 0 saturated carbocycles. The molecule has 0 amide bonds. The van der Waals surface area contributed by atoms with Crippen LogP contribution in [0.5, 0.6) is 0 Å². The van der Waals surface area contributed by atoms with Crippen molar-refractivity contribution in [3.8, 4) is 0 Å². The molecule has 0 aliphatic heterocycles. The number of aryl methyl sites for hydroxylation is 1. The Labute approximate surface area is 92.9 Å². The maximum atomic E-state index is 5.24. The highest BCUT2D eigenvalue weighted by Crippen LogP contribution is 2.13. The van der Waals surface area contributed by atoms with Crippen molar-refractivity contribution in [1.29, 1.82) is 0 Å². The zero-order chi connectivity index (χ0) is 11.4. The van der Waals surface area contributed by atoms with Crippen LogP contribution in [0.4, 0.5) is 11.8 Å². The van der Waals surface area contributed by atoms with Crippen LogP contribution < -0.4 is 16.6 Å². The van der Waals surface area contributed by atoms with E-state index in [4.69, 9.17) is 10.3 Å². The molecule has 4 N–H and O–H groups in total. The highest BCUT2D eigenvalue weighted by molar-refractivity contribution is 5.46. The Balaban J connectivity index is 2.08. The molecule has 0 spiro atoms. The number of nitrogens with zero attached hydrogens (tertiary/aromatic N) is 2. The first-order valence-corrected chi connectivity index (χ1v) is 4.85. The lowest BCUT2D eigenvalue weighted by Crippen LogP contribution is -2.12. The lowest BCUT2D eigenvalue weighted by molar-refractivity contribution is 0.564. The van der Waals surface area contributed by atoms with E-state index in [0.717, 1.165) is 16.9 Å². The van der Waals surface area contributed by atoms with E-state index in [9.17, 15) is 0 Å². The molecule has 6 heteroatoms. The maximum absolute atomic E-state index is 5.24. The van der Waals surface area contributed by atoms with Gasteiger partial charge in [-0.3, -0.25) is 5.43 Å². The molecule has 0 atom stereocenters. The monoisotopic (exact) mass is 219 g/mol. The number of hydrogen-bond acceptors (Lipinski definition) is 6. The molecule has 0 unspecified atom stereocenters. The molecule has 0 aliphatic carbocycles. The van der Waals surface area contributed by atoms with Gasteiger partial charge in [0.1, 0.15) is 5.82 Å². The molecule has 2 rings (SSSR count). The fourth-order valence-corrected chi connectivity index (χ4v) is 1.27. The summed E-state index contributed by atoms with van der Waals surface area (Å²) in [4.78, 5) is 8.20. The summed E-state index contributed by atoms with van der Waals surface area (Å²) in [5.41, 5.74) is 4.42. The van der Waals surface area contributed by atoms with Crippen LogP contribution in [0.25, 0.3) is 0 Å². The molecule has 6 nitrogen and oxygen atoms in total. The first kappa shape index (κ1) is 10.4. The van der Waals surface area contributed by atoms with Crippen LogP contribution in [-0.2, 0) is 6.54 Å². The summed E-state index contributed by atoms with van der Waals surface area (Å²) in [6.45, 7) is 2.58. The van der Waals surface area contributed by atoms with Gasteiger partial charge in [0, 0.05) is 23.9 Å². The minimum Gasteiger partial charge on any atom is -0.472 e. The molecular weight excluding hydrogens is 206 g/mol. The number of furan rings is 1. The van der Waals surface area contributed by atoms with E-state index < -0.39 is 0 Å². The highest BCUT2D eigenvalue weighted by atomic mass is 16.3. The summed E-state index contributed by atoms with van der Waals surface area (Å²) >= 11 is 0. The summed E-state index contributed by atoms with van der Waals surface area (Å²) in [6.07, 6.45) is 5.03. The summed E-state index contributed by atoms with van der Waals surface area (Å²) in [5, 5.41) is 3.18. The van der Waals surface area contributed by atoms with Crippen molar-refractivity contribution in [1.82, 2.24) is 9.97 Å². The van der Waals surface area contributed by atoms with Gasteiger partial charge in [0.25, 0.3) is 0 Å². The number of hydrazine groups is 1. The van der Waals surface area contributed by atoms with Crippen LogP contribution >= 0.6 is 0 Å². The van der Waals surface area contributed by atoms with Crippen molar-refractivity contribution in [3.63, 3.8) is 0 Å². The quantitative estimate of drug-likeness (QED) is 0.530. The normalized spacial score (nSPS) is 10.1. The Bertz CT molecular complexity index is 454. The molecule has 2 aromatic rings. The lowest BCUT2D eigenvalue weighted by atomic mass is 10.3. The van der Waals surface area contributed by atoms with Gasteiger partial charge >= 0.3 is 0 Å². The van der Waals surface area contributed by atoms with Gasteiger partial charge in [0.05, 0.1) is 12.5 Å². The number of nitrogen functional groups attached to an aromatic ring is 1. The second-order valence-corrected chi connectivity index (χ2v) is 3.35. The van der Waals surface area contributed by atoms with E-state index in [0.29, 0.717) is 12.5 Å². The standard InChI is InChI=1S/C10H13N5O/c1-7-4-13-10(15-11)14-9(7)12-5-8-2-3-16-6-8/h2-4,6H,5,11H2,1H3,(H2,12,13,14,15). The zero-order valence-corrected chi connectivity index (χ0v) is 8.90. The SMILES string of the molecule is Cc1cnc(NN)nc1NCc1ccoc1. The topological polar surface area (TPSA) is 89.0 Å². The molecule has 0 aliphatic rings. The van der Waals surface area contributed by atoms with Gasteiger partial charge in [-0.25, -0.2) is 10.8 Å². The number of nitrogens with two attached hydrogens (primary N) is 1. The van der Waals surface area contributed by atoms with E-state index >= 15 is 0 Å². The van der Waals surface area contributed by atoms with E-state index in [1.54, 1.807) is 18.7 Å². The number of rotatable bonds is 4. The number of hydrogen-bond donors (Lipinski definition) is 3. The average molecular weight is 219 g/mol. The Hall–Kier alpha value is -2.08. The number of anilines is 2. The van der Waals surface area contributed by atoms with Crippen molar-refractivity contribution in [3.05, 3.63) is 35.9 Å². The van der Waals surface area contributed by atoms with E-state index in [1.807, 2.05) is 13.0 Å². The van der Waals surface area contributed by atoms with Crippen molar-refractivity contribution < 1.29 is 4.42 Å².